The maximum Gasteiger partial charge on any atom is 0.0880 e. The first-order valence-corrected chi connectivity index (χ1v) is 6.27. The first kappa shape index (κ1) is 13.7. The van der Waals surface area contributed by atoms with Gasteiger partial charge in [0.25, 0.3) is 0 Å². The first-order chi connectivity index (χ1) is 8.11. The number of nitrogens with zero attached hydrogens (tertiary/aromatic N) is 3. The van der Waals surface area contributed by atoms with Gasteiger partial charge < -0.3 is 5.73 Å². The summed E-state index contributed by atoms with van der Waals surface area (Å²) in [6.07, 6.45) is 0. The predicted molar refractivity (Wildman–Crippen MR) is 68.2 cm³/mol. The van der Waals surface area contributed by atoms with Gasteiger partial charge in [0.15, 0.2) is 0 Å². The molecular formula is C12H16N4S. The Labute approximate surface area is 106 Å². The maximum absolute atomic E-state index is 8.82. The van der Waals surface area contributed by atoms with E-state index in [0.717, 1.165) is 10.4 Å². The van der Waals surface area contributed by atoms with Crippen LogP contribution in [0.15, 0.2) is 11.4 Å². The van der Waals surface area contributed by atoms with Crippen LogP contribution in [0.2, 0.25) is 0 Å². The summed E-state index contributed by atoms with van der Waals surface area (Å²) in [5, 5.41) is 19.7. The van der Waals surface area contributed by atoms with Crippen molar-refractivity contribution in [3.05, 3.63) is 21.9 Å². The third kappa shape index (κ3) is 3.28. The molecule has 0 spiro atoms. The van der Waals surface area contributed by atoms with Gasteiger partial charge in [0.2, 0.25) is 0 Å². The molecule has 0 aliphatic rings. The van der Waals surface area contributed by atoms with Crippen LogP contribution in [0.4, 0.5) is 0 Å². The lowest BCUT2D eigenvalue weighted by atomic mass is 10.0. The molecule has 2 unspecified atom stereocenters. The Kier molecular flexibility index (Phi) is 5.11. The molecule has 1 rings (SSSR count). The van der Waals surface area contributed by atoms with Gasteiger partial charge in [-0.1, -0.05) is 0 Å². The van der Waals surface area contributed by atoms with Gasteiger partial charge in [0.1, 0.15) is 0 Å². The molecule has 5 heteroatoms. The van der Waals surface area contributed by atoms with Crippen molar-refractivity contribution in [3.8, 4) is 12.1 Å². The zero-order valence-corrected chi connectivity index (χ0v) is 10.9. The third-order valence-electron chi connectivity index (χ3n) is 2.61. The van der Waals surface area contributed by atoms with Gasteiger partial charge in [-0.15, -0.1) is 11.3 Å². The Morgan fingerprint density at radius 1 is 1.41 bits per heavy atom. The molecule has 0 amide bonds. The Balaban J connectivity index is 3.04. The van der Waals surface area contributed by atoms with Gasteiger partial charge in [-0.25, -0.2) is 0 Å². The minimum absolute atomic E-state index is 0.0608. The van der Waals surface area contributed by atoms with Gasteiger partial charge in [0.05, 0.1) is 31.3 Å². The van der Waals surface area contributed by atoms with Crippen LogP contribution < -0.4 is 5.73 Å². The summed E-state index contributed by atoms with van der Waals surface area (Å²) in [7, 11) is 0. The van der Waals surface area contributed by atoms with Crippen molar-refractivity contribution in [2.24, 2.45) is 5.73 Å². The summed E-state index contributed by atoms with van der Waals surface area (Å²) in [4.78, 5) is 2.97. The fourth-order valence-corrected chi connectivity index (χ4v) is 3.03. The summed E-state index contributed by atoms with van der Waals surface area (Å²) < 4.78 is 0. The van der Waals surface area contributed by atoms with E-state index in [-0.39, 0.29) is 25.2 Å². The van der Waals surface area contributed by atoms with Crippen LogP contribution in [0.5, 0.6) is 0 Å². The second-order valence-electron chi connectivity index (χ2n) is 3.99. The number of hydrogen-bond donors (Lipinski definition) is 1. The van der Waals surface area contributed by atoms with Crippen LogP contribution >= 0.6 is 11.3 Å². The van der Waals surface area contributed by atoms with Crippen LogP contribution in [-0.4, -0.2) is 24.0 Å². The second-order valence-corrected chi connectivity index (χ2v) is 4.94. The van der Waals surface area contributed by atoms with E-state index in [1.54, 1.807) is 11.3 Å². The molecule has 0 bridgehead atoms. The summed E-state index contributed by atoms with van der Waals surface area (Å²) in [6.45, 7) is 4.37. The topological polar surface area (TPSA) is 76.8 Å². The van der Waals surface area contributed by atoms with Gasteiger partial charge in [-0.3, -0.25) is 4.90 Å². The molecule has 0 aliphatic carbocycles. The molecule has 0 aromatic carbocycles. The number of nitrogens with two attached hydrogens (primary N) is 1. The third-order valence-corrected chi connectivity index (χ3v) is 3.70. The van der Waals surface area contributed by atoms with Crippen LogP contribution in [0.1, 0.15) is 23.4 Å². The van der Waals surface area contributed by atoms with Crippen molar-refractivity contribution >= 4 is 11.3 Å². The van der Waals surface area contributed by atoms with E-state index in [4.69, 9.17) is 16.3 Å². The standard InChI is InChI=1S/C12H16N4S/c1-9-3-8-17-12(9)11(10(2)15)16(6-4-13)7-5-14/h3,8,10-11H,6-7,15H2,1-2H3. The van der Waals surface area contributed by atoms with E-state index < -0.39 is 0 Å². The average molecular weight is 248 g/mol. The summed E-state index contributed by atoms with van der Waals surface area (Å²) in [5.41, 5.74) is 7.17. The highest BCUT2D eigenvalue weighted by Gasteiger charge is 2.26. The molecular weight excluding hydrogens is 232 g/mol. The van der Waals surface area contributed by atoms with Gasteiger partial charge >= 0.3 is 0 Å². The fourth-order valence-electron chi connectivity index (χ4n) is 1.86. The zero-order chi connectivity index (χ0) is 12.8. The molecule has 17 heavy (non-hydrogen) atoms. The molecule has 0 radical (unpaired) electrons. The van der Waals surface area contributed by atoms with Crippen LogP contribution in [0.3, 0.4) is 0 Å². The number of thiophene rings is 1. The average Bonchev–Trinajstić information content (AvgIpc) is 2.65. The molecule has 0 fully saturated rings. The van der Waals surface area contributed by atoms with E-state index >= 15 is 0 Å². The molecule has 0 saturated heterocycles. The van der Waals surface area contributed by atoms with E-state index in [9.17, 15) is 0 Å². The smallest absolute Gasteiger partial charge is 0.0880 e. The molecule has 0 aliphatic heterocycles. The SMILES string of the molecule is Cc1ccsc1C(C(C)N)N(CC#N)CC#N. The lowest BCUT2D eigenvalue weighted by Crippen LogP contribution is -2.40. The van der Waals surface area contributed by atoms with Crippen molar-refractivity contribution in [1.82, 2.24) is 4.90 Å². The van der Waals surface area contributed by atoms with E-state index in [0.29, 0.717) is 0 Å². The lowest BCUT2D eigenvalue weighted by molar-refractivity contribution is 0.224. The van der Waals surface area contributed by atoms with Crippen molar-refractivity contribution in [2.45, 2.75) is 25.9 Å². The van der Waals surface area contributed by atoms with Crippen molar-refractivity contribution in [3.63, 3.8) is 0 Å². The number of rotatable bonds is 5. The second kappa shape index (κ2) is 6.36. The Hall–Kier alpha value is -1.40. The molecule has 2 N–H and O–H groups in total. The number of nitriles is 2. The number of aryl methyl sites for hydroxylation is 1. The van der Waals surface area contributed by atoms with Crippen molar-refractivity contribution < 1.29 is 0 Å². The largest absolute Gasteiger partial charge is 0.326 e. The highest BCUT2D eigenvalue weighted by molar-refractivity contribution is 7.10. The molecule has 1 aromatic heterocycles. The van der Waals surface area contributed by atoms with Gasteiger partial charge in [0, 0.05) is 10.9 Å². The first-order valence-electron chi connectivity index (χ1n) is 5.39. The Morgan fingerprint density at radius 2 is 2.00 bits per heavy atom. The van der Waals surface area contributed by atoms with Crippen molar-refractivity contribution in [1.29, 1.82) is 10.5 Å². The summed E-state index contributed by atoms with van der Waals surface area (Å²) in [5.74, 6) is 0. The minimum Gasteiger partial charge on any atom is -0.326 e. The maximum atomic E-state index is 8.82. The fraction of sp³-hybridized carbons (Fsp3) is 0.500. The molecule has 0 saturated carbocycles. The van der Waals surface area contributed by atoms with Crippen LogP contribution in [0.25, 0.3) is 0 Å². The predicted octanol–water partition coefficient (Wildman–Crippen LogP) is 1.79. The Bertz CT molecular complexity index is 422. The lowest BCUT2D eigenvalue weighted by Gasteiger charge is -2.30. The number of hydrogen-bond acceptors (Lipinski definition) is 5. The van der Waals surface area contributed by atoms with Gasteiger partial charge in [-0.2, -0.15) is 10.5 Å². The highest BCUT2D eigenvalue weighted by Crippen LogP contribution is 2.30. The minimum atomic E-state index is -0.117. The molecule has 2 atom stereocenters. The molecule has 4 nitrogen and oxygen atoms in total. The van der Waals surface area contributed by atoms with Crippen molar-refractivity contribution in [2.75, 3.05) is 13.1 Å². The van der Waals surface area contributed by atoms with E-state index in [2.05, 4.69) is 12.1 Å². The van der Waals surface area contributed by atoms with E-state index in [1.165, 1.54) is 0 Å². The summed E-state index contributed by atoms with van der Waals surface area (Å²) >= 11 is 1.63. The zero-order valence-electron chi connectivity index (χ0n) is 10.1. The van der Waals surface area contributed by atoms with Crippen LogP contribution in [0, 0.1) is 29.6 Å². The normalized spacial score (nSPS) is 14.0. The molecule has 90 valence electrons. The van der Waals surface area contributed by atoms with Crippen LogP contribution in [-0.2, 0) is 0 Å². The quantitative estimate of drug-likeness (QED) is 0.806. The summed E-state index contributed by atoms with van der Waals surface area (Å²) in [6, 6.07) is 6.04. The highest BCUT2D eigenvalue weighted by atomic mass is 32.1. The molecule has 1 aromatic rings. The monoisotopic (exact) mass is 248 g/mol. The molecule has 1 heterocycles. The van der Waals surface area contributed by atoms with Gasteiger partial charge in [-0.05, 0) is 30.9 Å². The van der Waals surface area contributed by atoms with E-state index in [1.807, 2.05) is 30.2 Å². The Morgan fingerprint density at radius 3 is 2.35 bits per heavy atom.